The van der Waals surface area contributed by atoms with Crippen LogP contribution in [0, 0.1) is 5.82 Å². The Balaban J connectivity index is 1.81. The smallest absolute Gasteiger partial charge is 0.355 e. The average Bonchev–Trinajstić information content (AvgIpc) is 3.17. The number of benzene rings is 2. The van der Waals surface area contributed by atoms with Gasteiger partial charge in [-0.05, 0) is 36.4 Å². The number of halogens is 1. The van der Waals surface area contributed by atoms with Crippen molar-refractivity contribution in [3.63, 3.8) is 0 Å². The minimum atomic E-state index is -1.14. The van der Waals surface area contributed by atoms with Gasteiger partial charge in [0.15, 0.2) is 0 Å². The van der Waals surface area contributed by atoms with Crippen LogP contribution in [0.25, 0.3) is 0 Å². The van der Waals surface area contributed by atoms with Gasteiger partial charge in [0.1, 0.15) is 11.5 Å². The molecule has 1 aromatic heterocycles. The SMILES string of the molecule is O=C(O[C@H](C(=O)Nc1ccc(F)cc1)c1ccccc1)c1ccc[nH]1. The monoisotopic (exact) mass is 338 g/mol. The maximum absolute atomic E-state index is 13.0. The zero-order valence-electron chi connectivity index (χ0n) is 13.1. The molecule has 0 saturated carbocycles. The van der Waals surface area contributed by atoms with E-state index in [4.69, 9.17) is 4.74 Å². The topological polar surface area (TPSA) is 71.2 Å². The van der Waals surface area contributed by atoms with Crippen LogP contribution in [0.3, 0.4) is 0 Å². The predicted molar refractivity (Wildman–Crippen MR) is 90.4 cm³/mol. The third-order valence-electron chi connectivity index (χ3n) is 3.49. The summed E-state index contributed by atoms with van der Waals surface area (Å²) >= 11 is 0. The Morgan fingerprint density at radius 3 is 2.32 bits per heavy atom. The summed E-state index contributed by atoms with van der Waals surface area (Å²) in [6.45, 7) is 0. The van der Waals surface area contributed by atoms with Crippen molar-refractivity contribution in [3.8, 4) is 0 Å². The fraction of sp³-hybridized carbons (Fsp3) is 0.0526. The lowest BCUT2D eigenvalue weighted by atomic mass is 10.1. The molecule has 0 fully saturated rings. The highest BCUT2D eigenvalue weighted by Crippen LogP contribution is 2.21. The molecule has 126 valence electrons. The Kier molecular flexibility index (Phi) is 4.89. The third-order valence-corrected chi connectivity index (χ3v) is 3.49. The van der Waals surface area contributed by atoms with E-state index in [0.29, 0.717) is 11.3 Å². The predicted octanol–water partition coefficient (Wildman–Crippen LogP) is 3.69. The van der Waals surface area contributed by atoms with E-state index in [2.05, 4.69) is 10.3 Å². The summed E-state index contributed by atoms with van der Waals surface area (Å²) in [5.41, 5.74) is 1.18. The molecule has 1 atom stereocenters. The summed E-state index contributed by atoms with van der Waals surface area (Å²) < 4.78 is 18.4. The molecule has 3 rings (SSSR count). The second-order valence-corrected chi connectivity index (χ2v) is 5.28. The van der Waals surface area contributed by atoms with Gasteiger partial charge >= 0.3 is 5.97 Å². The van der Waals surface area contributed by atoms with Gasteiger partial charge in [-0.2, -0.15) is 0 Å². The van der Waals surface area contributed by atoms with Crippen molar-refractivity contribution < 1.29 is 18.7 Å². The van der Waals surface area contributed by atoms with E-state index in [1.165, 1.54) is 24.3 Å². The first-order valence-electron chi connectivity index (χ1n) is 7.59. The summed E-state index contributed by atoms with van der Waals surface area (Å²) in [5, 5.41) is 2.63. The zero-order valence-corrected chi connectivity index (χ0v) is 13.1. The number of ether oxygens (including phenoxy) is 1. The van der Waals surface area contributed by atoms with E-state index in [0.717, 1.165) is 0 Å². The fourth-order valence-electron chi connectivity index (χ4n) is 2.27. The molecule has 1 heterocycles. The van der Waals surface area contributed by atoms with Crippen molar-refractivity contribution in [3.05, 3.63) is 90.0 Å². The lowest BCUT2D eigenvalue weighted by Crippen LogP contribution is -2.26. The number of anilines is 1. The van der Waals surface area contributed by atoms with Crippen LogP contribution in [-0.2, 0) is 9.53 Å². The number of H-pyrrole nitrogens is 1. The van der Waals surface area contributed by atoms with Gasteiger partial charge in [0.05, 0.1) is 0 Å². The molecule has 1 amide bonds. The van der Waals surface area contributed by atoms with Crippen LogP contribution in [0.15, 0.2) is 72.9 Å². The number of aromatic nitrogens is 1. The lowest BCUT2D eigenvalue weighted by Gasteiger charge is -2.17. The highest BCUT2D eigenvalue weighted by atomic mass is 19.1. The van der Waals surface area contributed by atoms with Gasteiger partial charge in [-0.1, -0.05) is 30.3 Å². The molecule has 3 aromatic rings. The van der Waals surface area contributed by atoms with E-state index in [-0.39, 0.29) is 5.69 Å². The van der Waals surface area contributed by atoms with Crippen molar-refractivity contribution in [2.75, 3.05) is 5.32 Å². The number of rotatable bonds is 5. The van der Waals surface area contributed by atoms with Crippen molar-refractivity contribution in [1.29, 1.82) is 0 Å². The number of hydrogen-bond donors (Lipinski definition) is 2. The fourth-order valence-corrected chi connectivity index (χ4v) is 2.27. The van der Waals surface area contributed by atoms with Gasteiger partial charge < -0.3 is 15.0 Å². The number of amides is 1. The van der Waals surface area contributed by atoms with Gasteiger partial charge in [0.25, 0.3) is 5.91 Å². The second-order valence-electron chi connectivity index (χ2n) is 5.28. The molecule has 0 bridgehead atoms. The lowest BCUT2D eigenvalue weighted by molar-refractivity contribution is -0.125. The van der Waals surface area contributed by atoms with Gasteiger partial charge in [-0.3, -0.25) is 4.79 Å². The van der Waals surface area contributed by atoms with Gasteiger partial charge in [-0.15, -0.1) is 0 Å². The van der Waals surface area contributed by atoms with Gasteiger partial charge in [-0.25, -0.2) is 9.18 Å². The first kappa shape index (κ1) is 16.4. The largest absolute Gasteiger partial charge is 0.443 e. The Labute approximate surface area is 143 Å². The Morgan fingerprint density at radius 1 is 0.960 bits per heavy atom. The van der Waals surface area contributed by atoms with Crippen LogP contribution < -0.4 is 5.32 Å². The van der Waals surface area contributed by atoms with Crippen LogP contribution in [0.4, 0.5) is 10.1 Å². The molecule has 0 aliphatic rings. The van der Waals surface area contributed by atoms with Crippen LogP contribution in [0.2, 0.25) is 0 Å². The number of carbonyl (C=O) groups is 2. The molecule has 0 aliphatic heterocycles. The van der Waals surface area contributed by atoms with Crippen molar-refractivity contribution in [1.82, 2.24) is 4.98 Å². The standard InChI is InChI=1S/C19H15FN2O3/c20-14-8-10-15(11-9-14)22-18(23)17(13-5-2-1-3-6-13)25-19(24)16-7-4-12-21-16/h1-12,17,21H,(H,22,23)/t17-/m0/s1. The minimum absolute atomic E-state index is 0.246. The molecule has 0 spiro atoms. The maximum Gasteiger partial charge on any atom is 0.355 e. The minimum Gasteiger partial charge on any atom is -0.443 e. The molecule has 0 unspecified atom stereocenters. The number of hydrogen-bond acceptors (Lipinski definition) is 3. The molecule has 0 radical (unpaired) electrons. The van der Waals surface area contributed by atoms with E-state index >= 15 is 0 Å². The molecule has 0 saturated heterocycles. The first-order chi connectivity index (χ1) is 12.1. The number of nitrogens with one attached hydrogen (secondary N) is 2. The van der Waals surface area contributed by atoms with Gasteiger partial charge in [0, 0.05) is 17.4 Å². The number of aromatic amines is 1. The summed E-state index contributed by atoms with van der Waals surface area (Å²) in [7, 11) is 0. The Morgan fingerprint density at radius 2 is 1.68 bits per heavy atom. The highest BCUT2D eigenvalue weighted by molar-refractivity contribution is 5.97. The summed E-state index contributed by atoms with van der Waals surface area (Å²) in [5.74, 6) is -1.58. The number of carbonyl (C=O) groups excluding carboxylic acids is 2. The van der Waals surface area contributed by atoms with Crippen LogP contribution in [0.1, 0.15) is 22.2 Å². The molecule has 2 aromatic carbocycles. The average molecular weight is 338 g/mol. The quantitative estimate of drug-likeness (QED) is 0.697. The molecule has 6 heteroatoms. The molecular weight excluding hydrogens is 323 g/mol. The molecular formula is C19H15FN2O3. The van der Waals surface area contributed by atoms with Crippen molar-refractivity contribution in [2.45, 2.75) is 6.10 Å². The third kappa shape index (κ3) is 4.11. The van der Waals surface area contributed by atoms with Crippen molar-refractivity contribution >= 4 is 17.6 Å². The van der Waals surface area contributed by atoms with Crippen molar-refractivity contribution in [2.24, 2.45) is 0 Å². The van der Waals surface area contributed by atoms with Crippen LogP contribution in [0.5, 0.6) is 0 Å². The molecule has 0 aliphatic carbocycles. The van der Waals surface area contributed by atoms with E-state index in [9.17, 15) is 14.0 Å². The molecule has 2 N–H and O–H groups in total. The summed E-state index contributed by atoms with van der Waals surface area (Å²) in [6.07, 6.45) is 0.453. The molecule has 25 heavy (non-hydrogen) atoms. The summed E-state index contributed by atoms with van der Waals surface area (Å²) in [6, 6.07) is 17.2. The van der Waals surface area contributed by atoms with E-state index in [1.807, 2.05) is 0 Å². The zero-order chi connectivity index (χ0) is 17.6. The normalized spacial score (nSPS) is 11.6. The van der Waals surface area contributed by atoms with Crippen LogP contribution in [-0.4, -0.2) is 16.9 Å². The Hall–Kier alpha value is -3.41. The number of esters is 1. The maximum atomic E-state index is 13.0. The van der Waals surface area contributed by atoms with Crippen LogP contribution >= 0.6 is 0 Å². The second kappa shape index (κ2) is 7.44. The summed E-state index contributed by atoms with van der Waals surface area (Å²) in [4.78, 5) is 27.6. The van der Waals surface area contributed by atoms with E-state index < -0.39 is 23.8 Å². The molecule has 5 nitrogen and oxygen atoms in total. The van der Waals surface area contributed by atoms with Gasteiger partial charge in [0.2, 0.25) is 6.10 Å². The highest BCUT2D eigenvalue weighted by Gasteiger charge is 2.26. The Bertz CT molecular complexity index is 846. The van der Waals surface area contributed by atoms with E-state index in [1.54, 1.807) is 48.7 Å². The first-order valence-corrected chi connectivity index (χ1v) is 7.59.